The summed E-state index contributed by atoms with van der Waals surface area (Å²) in [5.41, 5.74) is 0.580. The monoisotopic (exact) mass is 277 g/mol. The Hall–Kier alpha value is -1.55. The van der Waals surface area contributed by atoms with Crippen LogP contribution < -0.4 is 10.1 Å². The molecule has 2 N–H and O–H groups in total. The van der Waals surface area contributed by atoms with Crippen LogP contribution in [0.15, 0.2) is 24.3 Å². The van der Waals surface area contributed by atoms with E-state index in [1.165, 1.54) is 0 Å². The number of carbonyl (C=O) groups excluding carboxylic acids is 1. The van der Waals surface area contributed by atoms with Gasteiger partial charge in [-0.25, -0.2) is 0 Å². The maximum atomic E-state index is 12.2. The molecule has 0 heterocycles. The van der Waals surface area contributed by atoms with E-state index in [1.807, 2.05) is 19.1 Å². The summed E-state index contributed by atoms with van der Waals surface area (Å²) >= 11 is 0. The summed E-state index contributed by atoms with van der Waals surface area (Å²) in [6.07, 6.45) is 4.22. The molecule has 0 spiro atoms. The van der Waals surface area contributed by atoms with Crippen LogP contribution in [0, 0.1) is 0 Å². The number of benzene rings is 1. The summed E-state index contributed by atoms with van der Waals surface area (Å²) in [6.45, 7) is 2.69. The number of hydrogen-bond acceptors (Lipinski definition) is 3. The Bertz CT molecular complexity index is 447. The molecule has 2 rings (SSSR count). The standard InChI is InChI=1S/C16H23NO3/c1-2-10-20-13-7-5-6-12(11-13)16(19)17-14-8-3-4-9-15(14)18/h5-7,11,14-15,18H,2-4,8-10H2,1H3,(H,17,19)/t14-,15-/m0/s1. The van der Waals surface area contributed by atoms with Crippen LogP contribution in [0.25, 0.3) is 0 Å². The molecule has 1 fully saturated rings. The lowest BCUT2D eigenvalue weighted by atomic mass is 9.92. The number of aliphatic hydroxyl groups is 1. The molecular weight excluding hydrogens is 254 g/mol. The van der Waals surface area contributed by atoms with Crippen LogP contribution in [-0.4, -0.2) is 29.8 Å². The highest BCUT2D eigenvalue weighted by molar-refractivity contribution is 5.94. The van der Waals surface area contributed by atoms with Crippen molar-refractivity contribution in [1.29, 1.82) is 0 Å². The van der Waals surface area contributed by atoms with Gasteiger partial charge in [0.2, 0.25) is 0 Å². The Balaban J connectivity index is 1.97. The quantitative estimate of drug-likeness (QED) is 0.869. The third kappa shape index (κ3) is 3.97. The van der Waals surface area contributed by atoms with E-state index < -0.39 is 6.10 Å². The summed E-state index contributed by atoms with van der Waals surface area (Å²) in [7, 11) is 0. The highest BCUT2D eigenvalue weighted by Crippen LogP contribution is 2.19. The second-order valence-corrected chi connectivity index (χ2v) is 5.31. The molecule has 110 valence electrons. The van der Waals surface area contributed by atoms with E-state index in [1.54, 1.807) is 12.1 Å². The molecule has 4 nitrogen and oxygen atoms in total. The summed E-state index contributed by atoms with van der Waals surface area (Å²) < 4.78 is 5.53. The Morgan fingerprint density at radius 2 is 2.20 bits per heavy atom. The van der Waals surface area contributed by atoms with Gasteiger partial charge in [0, 0.05) is 5.56 Å². The van der Waals surface area contributed by atoms with Crippen molar-refractivity contribution >= 4 is 5.91 Å². The largest absolute Gasteiger partial charge is 0.494 e. The van der Waals surface area contributed by atoms with E-state index in [0.717, 1.165) is 32.1 Å². The summed E-state index contributed by atoms with van der Waals surface area (Å²) in [4.78, 5) is 12.2. The first-order valence-corrected chi connectivity index (χ1v) is 7.42. The minimum absolute atomic E-state index is 0.128. The van der Waals surface area contributed by atoms with Crippen LogP contribution in [0.1, 0.15) is 49.4 Å². The normalized spacial score (nSPS) is 22.3. The molecule has 1 amide bonds. The molecule has 1 aliphatic carbocycles. The predicted octanol–water partition coefficient (Wildman–Crippen LogP) is 2.51. The van der Waals surface area contributed by atoms with Crippen molar-refractivity contribution in [2.24, 2.45) is 0 Å². The SMILES string of the molecule is CCCOc1cccc(C(=O)N[C@H]2CCCC[C@@H]2O)c1. The Morgan fingerprint density at radius 3 is 2.95 bits per heavy atom. The Kier molecular flexibility index (Phi) is 5.41. The predicted molar refractivity (Wildman–Crippen MR) is 78.0 cm³/mol. The van der Waals surface area contributed by atoms with Crippen LogP contribution in [-0.2, 0) is 0 Å². The number of hydrogen-bond donors (Lipinski definition) is 2. The fourth-order valence-corrected chi connectivity index (χ4v) is 2.48. The van der Waals surface area contributed by atoms with Crippen LogP contribution in [0.2, 0.25) is 0 Å². The minimum atomic E-state index is -0.424. The number of carbonyl (C=O) groups is 1. The molecule has 1 aromatic rings. The van der Waals surface area contributed by atoms with Gasteiger partial charge < -0.3 is 15.2 Å². The van der Waals surface area contributed by atoms with Gasteiger partial charge in [0.15, 0.2) is 0 Å². The summed E-state index contributed by atoms with van der Waals surface area (Å²) in [6, 6.07) is 7.05. The van der Waals surface area contributed by atoms with E-state index in [2.05, 4.69) is 5.32 Å². The zero-order valence-corrected chi connectivity index (χ0v) is 12.0. The second kappa shape index (κ2) is 7.29. The first kappa shape index (κ1) is 14.9. The molecule has 0 saturated heterocycles. The lowest BCUT2D eigenvalue weighted by molar-refractivity contribution is 0.0717. The van der Waals surface area contributed by atoms with Gasteiger partial charge in [-0.05, 0) is 37.5 Å². The van der Waals surface area contributed by atoms with Gasteiger partial charge in [0.25, 0.3) is 5.91 Å². The van der Waals surface area contributed by atoms with Gasteiger partial charge in [0.05, 0.1) is 18.8 Å². The number of ether oxygens (including phenoxy) is 1. The van der Waals surface area contributed by atoms with Crippen molar-refractivity contribution in [3.8, 4) is 5.75 Å². The maximum absolute atomic E-state index is 12.2. The van der Waals surface area contributed by atoms with Crippen LogP contribution in [0.5, 0.6) is 5.75 Å². The molecule has 4 heteroatoms. The smallest absolute Gasteiger partial charge is 0.251 e. The van der Waals surface area contributed by atoms with Gasteiger partial charge in [-0.3, -0.25) is 4.79 Å². The van der Waals surface area contributed by atoms with E-state index in [9.17, 15) is 9.90 Å². The maximum Gasteiger partial charge on any atom is 0.251 e. The van der Waals surface area contributed by atoms with Crippen molar-refractivity contribution in [2.75, 3.05) is 6.61 Å². The van der Waals surface area contributed by atoms with Crippen LogP contribution in [0.4, 0.5) is 0 Å². The topological polar surface area (TPSA) is 58.6 Å². The van der Waals surface area contributed by atoms with E-state index >= 15 is 0 Å². The van der Waals surface area contributed by atoms with Gasteiger partial charge in [-0.2, -0.15) is 0 Å². The minimum Gasteiger partial charge on any atom is -0.494 e. The fourth-order valence-electron chi connectivity index (χ4n) is 2.48. The lowest BCUT2D eigenvalue weighted by Crippen LogP contribution is -2.45. The van der Waals surface area contributed by atoms with Gasteiger partial charge >= 0.3 is 0 Å². The number of rotatable bonds is 5. The van der Waals surface area contributed by atoms with Crippen molar-refractivity contribution < 1.29 is 14.6 Å². The highest BCUT2D eigenvalue weighted by atomic mass is 16.5. The molecule has 1 saturated carbocycles. The third-order valence-corrected chi connectivity index (χ3v) is 3.62. The number of amides is 1. The van der Waals surface area contributed by atoms with E-state index in [4.69, 9.17) is 4.74 Å². The van der Waals surface area contributed by atoms with Crippen LogP contribution in [0.3, 0.4) is 0 Å². The van der Waals surface area contributed by atoms with E-state index in [-0.39, 0.29) is 11.9 Å². The van der Waals surface area contributed by atoms with Crippen molar-refractivity contribution in [2.45, 2.75) is 51.2 Å². The van der Waals surface area contributed by atoms with Gasteiger partial charge in [-0.1, -0.05) is 25.8 Å². The number of nitrogens with one attached hydrogen (secondary N) is 1. The lowest BCUT2D eigenvalue weighted by Gasteiger charge is -2.28. The first-order valence-electron chi connectivity index (χ1n) is 7.42. The van der Waals surface area contributed by atoms with E-state index in [0.29, 0.717) is 17.9 Å². The average molecular weight is 277 g/mol. The Labute approximate surface area is 120 Å². The third-order valence-electron chi connectivity index (χ3n) is 3.62. The van der Waals surface area contributed by atoms with Crippen LogP contribution >= 0.6 is 0 Å². The molecule has 0 aliphatic heterocycles. The van der Waals surface area contributed by atoms with Crippen molar-refractivity contribution in [1.82, 2.24) is 5.32 Å². The molecule has 0 aromatic heterocycles. The summed E-state index contributed by atoms with van der Waals surface area (Å²) in [5, 5.41) is 12.8. The molecule has 20 heavy (non-hydrogen) atoms. The molecule has 2 atom stereocenters. The van der Waals surface area contributed by atoms with Gasteiger partial charge in [-0.15, -0.1) is 0 Å². The highest BCUT2D eigenvalue weighted by Gasteiger charge is 2.24. The first-order chi connectivity index (χ1) is 9.70. The fraction of sp³-hybridized carbons (Fsp3) is 0.562. The Morgan fingerprint density at radius 1 is 1.40 bits per heavy atom. The summed E-state index contributed by atoms with van der Waals surface area (Å²) in [5.74, 6) is 0.571. The second-order valence-electron chi connectivity index (χ2n) is 5.31. The zero-order valence-electron chi connectivity index (χ0n) is 12.0. The van der Waals surface area contributed by atoms with Crippen molar-refractivity contribution in [3.63, 3.8) is 0 Å². The average Bonchev–Trinajstić information content (AvgIpc) is 2.48. The molecule has 1 aliphatic rings. The van der Waals surface area contributed by atoms with Gasteiger partial charge in [0.1, 0.15) is 5.75 Å². The molecule has 0 unspecified atom stereocenters. The number of aliphatic hydroxyl groups excluding tert-OH is 1. The molecule has 1 aromatic carbocycles. The molecular formula is C16H23NO3. The molecule has 0 radical (unpaired) electrons. The molecule has 0 bridgehead atoms. The zero-order chi connectivity index (χ0) is 14.4. The van der Waals surface area contributed by atoms with Crippen molar-refractivity contribution in [3.05, 3.63) is 29.8 Å².